The van der Waals surface area contributed by atoms with E-state index in [4.69, 9.17) is 4.98 Å². The third-order valence-electron chi connectivity index (χ3n) is 4.57. The molecule has 4 rings (SSSR count). The third-order valence-corrected chi connectivity index (χ3v) is 4.57. The topological polar surface area (TPSA) is 41.6 Å². The molecule has 4 aromatic rings. The van der Waals surface area contributed by atoms with Gasteiger partial charge in [-0.15, -0.1) is 0 Å². The SMILES string of the molecule is CC(C)c1ccc(-c2nc(-c3ccccc3)[nH]c2-c2ccncc2)cc1. The van der Waals surface area contributed by atoms with E-state index in [0.29, 0.717) is 5.92 Å². The standard InChI is InChI=1S/C23H21N3/c1-16(2)17-8-10-18(11-9-17)21-22(19-12-14-24-15-13-19)26-23(25-21)20-6-4-3-5-7-20/h3-16H,1-2H3,(H,25,26). The molecule has 3 nitrogen and oxygen atoms in total. The molecule has 1 N–H and O–H groups in total. The number of hydrogen-bond acceptors (Lipinski definition) is 2. The van der Waals surface area contributed by atoms with Crippen LogP contribution in [0, 0.1) is 0 Å². The van der Waals surface area contributed by atoms with E-state index in [1.165, 1.54) is 5.56 Å². The number of nitrogens with zero attached hydrogens (tertiary/aromatic N) is 2. The normalized spacial score (nSPS) is 11.0. The monoisotopic (exact) mass is 339 g/mol. The molecule has 3 heteroatoms. The summed E-state index contributed by atoms with van der Waals surface area (Å²) in [6, 6.07) is 22.9. The number of imidazole rings is 1. The quantitative estimate of drug-likeness (QED) is 0.501. The van der Waals surface area contributed by atoms with Gasteiger partial charge in [-0.2, -0.15) is 0 Å². The Bertz CT molecular complexity index is 985. The molecule has 0 amide bonds. The number of aromatic nitrogens is 3. The lowest BCUT2D eigenvalue weighted by Crippen LogP contribution is -1.88. The number of rotatable bonds is 4. The number of H-pyrrole nitrogens is 1. The van der Waals surface area contributed by atoms with Crippen LogP contribution < -0.4 is 0 Å². The number of benzene rings is 2. The first-order chi connectivity index (χ1) is 12.7. The van der Waals surface area contributed by atoms with Gasteiger partial charge in [0.05, 0.1) is 11.4 Å². The summed E-state index contributed by atoms with van der Waals surface area (Å²) in [7, 11) is 0. The molecule has 0 atom stereocenters. The van der Waals surface area contributed by atoms with E-state index in [9.17, 15) is 0 Å². The van der Waals surface area contributed by atoms with Crippen molar-refractivity contribution >= 4 is 0 Å². The van der Waals surface area contributed by atoms with Crippen molar-refractivity contribution in [2.75, 3.05) is 0 Å². The van der Waals surface area contributed by atoms with E-state index in [1.807, 2.05) is 42.7 Å². The Labute approximate surface area is 153 Å². The van der Waals surface area contributed by atoms with Crippen LogP contribution in [-0.2, 0) is 0 Å². The Kier molecular flexibility index (Phi) is 4.36. The zero-order valence-corrected chi connectivity index (χ0v) is 15.0. The highest BCUT2D eigenvalue weighted by Gasteiger charge is 2.15. The molecule has 0 fully saturated rings. The summed E-state index contributed by atoms with van der Waals surface area (Å²) in [6.07, 6.45) is 3.62. The summed E-state index contributed by atoms with van der Waals surface area (Å²) < 4.78 is 0. The predicted octanol–water partition coefficient (Wildman–Crippen LogP) is 5.93. The maximum Gasteiger partial charge on any atom is 0.138 e. The van der Waals surface area contributed by atoms with Gasteiger partial charge < -0.3 is 4.98 Å². The van der Waals surface area contributed by atoms with Crippen molar-refractivity contribution < 1.29 is 0 Å². The van der Waals surface area contributed by atoms with Crippen LogP contribution in [0.15, 0.2) is 79.1 Å². The molecule has 2 aromatic carbocycles. The smallest absolute Gasteiger partial charge is 0.138 e. The Morgan fingerprint density at radius 2 is 1.42 bits per heavy atom. The molecule has 0 saturated carbocycles. The lowest BCUT2D eigenvalue weighted by Gasteiger charge is -2.07. The van der Waals surface area contributed by atoms with Crippen molar-refractivity contribution in [2.45, 2.75) is 19.8 Å². The average Bonchev–Trinajstić information content (AvgIpc) is 3.15. The van der Waals surface area contributed by atoms with Crippen molar-refractivity contribution in [2.24, 2.45) is 0 Å². The van der Waals surface area contributed by atoms with Gasteiger partial charge in [-0.3, -0.25) is 4.98 Å². The first-order valence-electron chi connectivity index (χ1n) is 8.88. The predicted molar refractivity (Wildman–Crippen MR) is 107 cm³/mol. The fraction of sp³-hybridized carbons (Fsp3) is 0.130. The minimum atomic E-state index is 0.516. The van der Waals surface area contributed by atoms with E-state index >= 15 is 0 Å². The summed E-state index contributed by atoms with van der Waals surface area (Å²) >= 11 is 0. The zero-order valence-electron chi connectivity index (χ0n) is 15.0. The molecule has 2 heterocycles. The largest absolute Gasteiger partial charge is 0.337 e. The van der Waals surface area contributed by atoms with E-state index < -0.39 is 0 Å². The van der Waals surface area contributed by atoms with Gasteiger partial charge in [0.1, 0.15) is 5.82 Å². The van der Waals surface area contributed by atoms with Crippen LogP contribution in [0.4, 0.5) is 0 Å². The van der Waals surface area contributed by atoms with E-state index in [2.05, 4.69) is 60.2 Å². The number of pyridine rings is 1. The second-order valence-electron chi connectivity index (χ2n) is 6.69. The lowest BCUT2D eigenvalue weighted by molar-refractivity contribution is 0.867. The molecule has 0 aliphatic rings. The fourth-order valence-electron chi connectivity index (χ4n) is 3.07. The molecular formula is C23H21N3. The number of nitrogens with one attached hydrogen (secondary N) is 1. The fourth-order valence-corrected chi connectivity index (χ4v) is 3.07. The van der Waals surface area contributed by atoms with Gasteiger partial charge >= 0.3 is 0 Å². The molecule has 2 aromatic heterocycles. The van der Waals surface area contributed by atoms with Gasteiger partial charge in [0, 0.05) is 29.1 Å². The van der Waals surface area contributed by atoms with Crippen molar-refractivity contribution in [3.8, 4) is 33.9 Å². The third kappa shape index (κ3) is 3.16. The Hall–Kier alpha value is -3.20. The second-order valence-corrected chi connectivity index (χ2v) is 6.69. The lowest BCUT2D eigenvalue weighted by atomic mass is 9.99. The molecule has 26 heavy (non-hydrogen) atoms. The average molecular weight is 339 g/mol. The summed E-state index contributed by atoms with van der Waals surface area (Å²) in [5.74, 6) is 1.39. The molecular weight excluding hydrogens is 318 g/mol. The van der Waals surface area contributed by atoms with Crippen LogP contribution in [0.3, 0.4) is 0 Å². The Morgan fingerprint density at radius 1 is 0.731 bits per heavy atom. The van der Waals surface area contributed by atoms with Gasteiger partial charge in [0.25, 0.3) is 0 Å². The molecule has 0 unspecified atom stereocenters. The zero-order chi connectivity index (χ0) is 17.9. The van der Waals surface area contributed by atoms with Gasteiger partial charge in [-0.05, 0) is 23.6 Å². The van der Waals surface area contributed by atoms with Crippen LogP contribution in [0.5, 0.6) is 0 Å². The van der Waals surface area contributed by atoms with Crippen LogP contribution in [0.2, 0.25) is 0 Å². The highest BCUT2D eigenvalue weighted by atomic mass is 14.9. The Balaban J connectivity index is 1.85. The van der Waals surface area contributed by atoms with E-state index in [1.54, 1.807) is 0 Å². The molecule has 0 aliphatic heterocycles. The first kappa shape index (κ1) is 16.3. The minimum Gasteiger partial charge on any atom is -0.337 e. The summed E-state index contributed by atoms with van der Waals surface area (Å²) in [6.45, 7) is 4.42. The molecule has 0 saturated heterocycles. The van der Waals surface area contributed by atoms with Crippen molar-refractivity contribution in [1.82, 2.24) is 15.0 Å². The minimum absolute atomic E-state index is 0.516. The van der Waals surface area contributed by atoms with Crippen LogP contribution >= 0.6 is 0 Å². The first-order valence-corrected chi connectivity index (χ1v) is 8.88. The molecule has 128 valence electrons. The van der Waals surface area contributed by atoms with Crippen LogP contribution in [-0.4, -0.2) is 15.0 Å². The van der Waals surface area contributed by atoms with Gasteiger partial charge in [0.15, 0.2) is 0 Å². The maximum absolute atomic E-state index is 4.93. The van der Waals surface area contributed by atoms with Crippen LogP contribution in [0.1, 0.15) is 25.3 Å². The highest BCUT2D eigenvalue weighted by Crippen LogP contribution is 2.33. The summed E-state index contributed by atoms with van der Waals surface area (Å²) in [4.78, 5) is 12.6. The van der Waals surface area contributed by atoms with Crippen molar-refractivity contribution in [1.29, 1.82) is 0 Å². The maximum atomic E-state index is 4.93. The Morgan fingerprint density at radius 3 is 2.08 bits per heavy atom. The molecule has 0 spiro atoms. The van der Waals surface area contributed by atoms with Gasteiger partial charge in [0.2, 0.25) is 0 Å². The number of hydrogen-bond donors (Lipinski definition) is 1. The van der Waals surface area contributed by atoms with Crippen molar-refractivity contribution in [3.63, 3.8) is 0 Å². The van der Waals surface area contributed by atoms with Crippen molar-refractivity contribution in [3.05, 3.63) is 84.7 Å². The van der Waals surface area contributed by atoms with Crippen LogP contribution in [0.25, 0.3) is 33.9 Å². The van der Waals surface area contributed by atoms with Gasteiger partial charge in [-0.1, -0.05) is 68.4 Å². The molecule has 0 radical (unpaired) electrons. The highest BCUT2D eigenvalue weighted by molar-refractivity contribution is 5.81. The molecule has 0 aliphatic carbocycles. The van der Waals surface area contributed by atoms with E-state index in [0.717, 1.165) is 33.9 Å². The molecule has 0 bridgehead atoms. The summed E-state index contributed by atoms with van der Waals surface area (Å²) in [5.41, 5.74) is 6.58. The van der Waals surface area contributed by atoms with Gasteiger partial charge in [-0.25, -0.2) is 4.98 Å². The number of aromatic amines is 1. The second kappa shape index (κ2) is 6.96. The summed E-state index contributed by atoms with van der Waals surface area (Å²) in [5, 5.41) is 0. The van der Waals surface area contributed by atoms with E-state index in [-0.39, 0.29) is 0 Å².